The quantitative estimate of drug-likeness (QED) is 0.336. The van der Waals surface area contributed by atoms with Crippen molar-refractivity contribution in [1.82, 2.24) is 4.98 Å². The summed E-state index contributed by atoms with van der Waals surface area (Å²) in [5.74, 6) is 0.306. The molecule has 31 heavy (non-hydrogen) atoms. The molecule has 0 atom stereocenters. The van der Waals surface area contributed by atoms with E-state index in [0.29, 0.717) is 11.3 Å². The number of aromatic nitrogens is 1. The molecule has 0 bridgehead atoms. The predicted octanol–water partition coefficient (Wildman–Crippen LogP) is 7.04. The largest absolute Gasteiger partial charge is 0.436 e. The van der Waals surface area contributed by atoms with E-state index in [0.717, 1.165) is 22.2 Å². The Morgan fingerprint density at radius 2 is 1.71 bits per heavy atom. The van der Waals surface area contributed by atoms with E-state index >= 15 is 0 Å². The topological polar surface area (TPSA) is 55.1 Å². The lowest BCUT2D eigenvalue weighted by atomic mass is 10.1. The van der Waals surface area contributed by atoms with E-state index in [1.165, 1.54) is 12.1 Å². The molecule has 3 aromatic carbocycles. The SMILES string of the molecule is O=C(Nc1ccc(C(F)(F)F)cc1)c1ccccc1-c1ncc(-c2cccc(Br)c2)o1. The molecular formula is C23H14BrF3N2O2. The number of benzene rings is 3. The third kappa shape index (κ3) is 4.69. The molecule has 4 nitrogen and oxygen atoms in total. The van der Waals surface area contributed by atoms with Gasteiger partial charge in [-0.25, -0.2) is 4.98 Å². The third-order valence-electron chi connectivity index (χ3n) is 4.49. The Labute approximate surface area is 183 Å². The van der Waals surface area contributed by atoms with Crippen molar-refractivity contribution < 1.29 is 22.4 Å². The summed E-state index contributed by atoms with van der Waals surface area (Å²) in [4.78, 5) is 17.1. The lowest BCUT2D eigenvalue weighted by molar-refractivity contribution is -0.137. The van der Waals surface area contributed by atoms with Crippen LogP contribution in [0.1, 0.15) is 15.9 Å². The molecule has 0 saturated carbocycles. The number of anilines is 1. The molecule has 0 aliphatic heterocycles. The van der Waals surface area contributed by atoms with Crippen molar-refractivity contribution in [2.45, 2.75) is 6.18 Å². The Morgan fingerprint density at radius 3 is 2.42 bits per heavy atom. The summed E-state index contributed by atoms with van der Waals surface area (Å²) in [6, 6.07) is 18.5. The van der Waals surface area contributed by atoms with Crippen LogP contribution in [-0.2, 0) is 6.18 Å². The lowest BCUT2D eigenvalue weighted by Gasteiger charge is -2.10. The molecule has 1 aromatic heterocycles. The first kappa shape index (κ1) is 20.9. The van der Waals surface area contributed by atoms with Crippen LogP contribution >= 0.6 is 15.9 Å². The fourth-order valence-corrected chi connectivity index (χ4v) is 3.38. The molecule has 156 valence electrons. The number of nitrogens with zero attached hydrogens (tertiary/aromatic N) is 1. The molecule has 0 unspecified atom stereocenters. The van der Waals surface area contributed by atoms with Gasteiger partial charge >= 0.3 is 6.18 Å². The third-order valence-corrected chi connectivity index (χ3v) is 4.98. The average Bonchev–Trinajstić information content (AvgIpc) is 3.24. The molecule has 0 fully saturated rings. The number of carbonyl (C=O) groups is 1. The lowest BCUT2D eigenvalue weighted by Crippen LogP contribution is -2.13. The Hall–Kier alpha value is -3.39. The minimum atomic E-state index is -4.44. The maximum Gasteiger partial charge on any atom is 0.416 e. The van der Waals surface area contributed by atoms with Gasteiger partial charge in [-0.3, -0.25) is 4.79 Å². The Balaban J connectivity index is 1.60. The summed E-state index contributed by atoms with van der Waals surface area (Å²) in [7, 11) is 0. The van der Waals surface area contributed by atoms with Gasteiger partial charge in [0.15, 0.2) is 5.76 Å². The van der Waals surface area contributed by atoms with Gasteiger partial charge in [-0.15, -0.1) is 0 Å². The van der Waals surface area contributed by atoms with E-state index in [1.807, 2.05) is 24.3 Å². The first-order chi connectivity index (χ1) is 14.8. The monoisotopic (exact) mass is 486 g/mol. The minimum Gasteiger partial charge on any atom is -0.436 e. The summed E-state index contributed by atoms with van der Waals surface area (Å²) in [6.07, 6.45) is -2.87. The van der Waals surface area contributed by atoms with Gasteiger partial charge in [-0.05, 0) is 48.5 Å². The zero-order valence-corrected chi connectivity index (χ0v) is 17.4. The zero-order chi connectivity index (χ0) is 22.0. The van der Waals surface area contributed by atoms with Crippen LogP contribution in [0.15, 0.2) is 87.9 Å². The molecule has 0 spiro atoms. The van der Waals surface area contributed by atoms with Crippen LogP contribution in [0.4, 0.5) is 18.9 Å². The molecule has 4 rings (SSSR count). The number of rotatable bonds is 4. The van der Waals surface area contributed by atoms with Crippen molar-refractivity contribution >= 4 is 27.5 Å². The summed E-state index contributed by atoms with van der Waals surface area (Å²) < 4.78 is 44.9. The van der Waals surface area contributed by atoms with Crippen LogP contribution in [0.5, 0.6) is 0 Å². The second kappa shape index (κ2) is 8.39. The Bertz CT molecular complexity index is 1230. The van der Waals surface area contributed by atoms with Crippen LogP contribution in [0, 0.1) is 0 Å². The van der Waals surface area contributed by atoms with Crippen LogP contribution in [0.2, 0.25) is 0 Å². The summed E-state index contributed by atoms with van der Waals surface area (Å²) >= 11 is 3.41. The highest BCUT2D eigenvalue weighted by molar-refractivity contribution is 9.10. The van der Waals surface area contributed by atoms with Crippen LogP contribution < -0.4 is 5.32 Å². The molecule has 0 radical (unpaired) electrons. The van der Waals surface area contributed by atoms with Gasteiger partial charge in [0.2, 0.25) is 5.89 Å². The van der Waals surface area contributed by atoms with Crippen molar-refractivity contribution in [3.63, 3.8) is 0 Å². The minimum absolute atomic E-state index is 0.245. The number of hydrogen-bond donors (Lipinski definition) is 1. The first-order valence-electron chi connectivity index (χ1n) is 9.11. The van der Waals surface area contributed by atoms with Gasteiger partial charge in [0, 0.05) is 21.3 Å². The molecule has 1 amide bonds. The van der Waals surface area contributed by atoms with Crippen molar-refractivity contribution in [2.75, 3.05) is 5.32 Å². The molecule has 1 heterocycles. The van der Waals surface area contributed by atoms with Gasteiger partial charge in [0.1, 0.15) is 0 Å². The number of amides is 1. The number of halogens is 4. The summed E-state index contributed by atoms with van der Waals surface area (Å²) in [6.45, 7) is 0. The summed E-state index contributed by atoms with van der Waals surface area (Å²) in [5, 5.41) is 2.61. The van der Waals surface area contributed by atoms with Crippen LogP contribution in [0.3, 0.4) is 0 Å². The van der Waals surface area contributed by atoms with Crippen molar-refractivity contribution in [3.05, 3.63) is 94.6 Å². The number of carbonyl (C=O) groups excluding carboxylic acids is 1. The van der Waals surface area contributed by atoms with E-state index in [9.17, 15) is 18.0 Å². The van der Waals surface area contributed by atoms with Crippen molar-refractivity contribution in [2.24, 2.45) is 0 Å². The maximum atomic E-state index is 12.8. The smallest absolute Gasteiger partial charge is 0.416 e. The van der Waals surface area contributed by atoms with E-state index in [2.05, 4.69) is 26.2 Å². The average molecular weight is 487 g/mol. The summed E-state index contributed by atoms with van der Waals surface area (Å²) in [5.41, 5.74) is 1.03. The van der Waals surface area contributed by atoms with E-state index in [1.54, 1.807) is 30.5 Å². The highest BCUT2D eigenvalue weighted by Gasteiger charge is 2.30. The molecule has 4 aromatic rings. The molecule has 1 N–H and O–H groups in total. The van der Waals surface area contributed by atoms with Crippen molar-refractivity contribution in [3.8, 4) is 22.8 Å². The molecular weight excluding hydrogens is 473 g/mol. The number of nitrogens with one attached hydrogen (secondary N) is 1. The fraction of sp³-hybridized carbons (Fsp3) is 0.0435. The van der Waals surface area contributed by atoms with Gasteiger partial charge in [0.05, 0.1) is 17.3 Å². The van der Waals surface area contributed by atoms with E-state index < -0.39 is 17.6 Å². The second-order valence-corrected chi connectivity index (χ2v) is 7.53. The zero-order valence-electron chi connectivity index (χ0n) is 15.8. The van der Waals surface area contributed by atoms with Crippen LogP contribution in [-0.4, -0.2) is 10.9 Å². The maximum absolute atomic E-state index is 12.8. The van der Waals surface area contributed by atoms with Crippen LogP contribution in [0.25, 0.3) is 22.8 Å². The van der Waals surface area contributed by atoms with Crippen molar-refractivity contribution in [1.29, 1.82) is 0 Å². The van der Waals surface area contributed by atoms with Gasteiger partial charge < -0.3 is 9.73 Å². The Kier molecular flexibility index (Phi) is 5.65. The number of hydrogen-bond acceptors (Lipinski definition) is 3. The fourth-order valence-electron chi connectivity index (χ4n) is 2.98. The predicted molar refractivity (Wildman–Crippen MR) is 114 cm³/mol. The number of oxazole rings is 1. The normalized spacial score (nSPS) is 11.4. The molecule has 0 aliphatic carbocycles. The van der Waals surface area contributed by atoms with E-state index in [4.69, 9.17) is 4.42 Å². The molecule has 0 saturated heterocycles. The van der Waals surface area contributed by atoms with Gasteiger partial charge in [-0.2, -0.15) is 13.2 Å². The first-order valence-corrected chi connectivity index (χ1v) is 9.90. The second-order valence-electron chi connectivity index (χ2n) is 6.61. The van der Waals surface area contributed by atoms with Gasteiger partial charge in [0.25, 0.3) is 5.91 Å². The standard InChI is InChI=1S/C23H14BrF3N2O2/c24-16-5-3-4-14(12-16)20-13-28-22(31-20)19-7-2-1-6-18(19)21(30)29-17-10-8-15(9-11-17)23(25,26)27/h1-13H,(H,29,30). The van der Waals surface area contributed by atoms with E-state index in [-0.39, 0.29) is 17.1 Å². The highest BCUT2D eigenvalue weighted by Crippen LogP contribution is 2.31. The Morgan fingerprint density at radius 1 is 0.968 bits per heavy atom. The van der Waals surface area contributed by atoms with Gasteiger partial charge in [-0.1, -0.05) is 40.2 Å². The molecule has 8 heteroatoms. The highest BCUT2D eigenvalue weighted by atomic mass is 79.9. The molecule has 0 aliphatic rings. The number of alkyl halides is 3.